The van der Waals surface area contributed by atoms with Crippen molar-refractivity contribution >= 4 is 29.5 Å². The van der Waals surface area contributed by atoms with Gasteiger partial charge in [-0.1, -0.05) is 37.6 Å². The Labute approximate surface area is 201 Å². The van der Waals surface area contributed by atoms with E-state index in [0.717, 1.165) is 56.7 Å². The first-order valence-corrected chi connectivity index (χ1v) is 12.7. The topological polar surface area (TPSA) is 52.3 Å². The van der Waals surface area contributed by atoms with Crippen molar-refractivity contribution in [2.24, 2.45) is 0 Å². The second-order valence-electron chi connectivity index (χ2n) is 9.52. The molecule has 174 valence electrons. The minimum absolute atomic E-state index is 0.159. The lowest BCUT2D eigenvalue weighted by Gasteiger charge is -2.35. The van der Waals surface area contributed by atoms with Gasteiger partial charge in [-0.05, 0) is 67.4 Å². The average Bonchev–Trinajstić information content (AvgIpc) is 3.47. The maximum atomic E-state index is 13.9. The normalized spacial score (nSPS) is 24.0. The molecule has 1 aromatic carbocycles. The highest BCUT2D eigenvalue weighted by atomic mass is 35.5. The van der Waals surface area contributed by atoms with E-state index >= 15 is 0 Å². The quantitative estimate of drug-likeness (QED) is 0.625. The summed E-state index contributed by atoms with van der Waals surface area (Å²) in [6, 6.07) is 8.12. The number of hydrogen-bond donors (Lipinski definition) is 0. The SMILES string of the molecule is CCN1CCCC1C(C(=O)N1CC=[N+](c2ncnc3c2C(C)CC3)CC1)c1ccc(Cl)cc1. The molecule has 3 unspecified atom stereocenters. The molecule has 33 heavy (non-hydrogen) atoms. The van der Waals surface area contributed by atoms with Crippen LogP contribution in [0.25, 0.3) is 0 Å². The summed E-state index contributed by atoms with van der Waals surface area (Å²) < 4.78 is 2.23. The van der Waals surface area contributed by atoms with E-state index in [1.807, 2.05) is 29.2 Å². The van der Waals surface area contributed by atoms with Gasteiger partial charge in [0.2, 0.25) is 12.2 Å². The molecule has 1 aliphatic carbocycles. The van der Waals surface area contributed by atoms with Gasteiger partial charge in [-0.2, -0.15) is 0 Å². The highest BCUT2D eigenvalue weighted by molar-refractivity contribution is 6.30. The molecule has 2 aromatic rings. The largest absolute Gasteiger partial charge is 0.331 e. The van der Waals surface area contributed by atoms with Crippen molar-refractivity contribution in [2.75, 3.05) is 32.7 Å². The summed E-state index contributed by atoms with van der Waals surface area (Å²) in [5.41, 5.74) is 3.54. The molecule has 6 nitrogen and oxygen atoms in total. The molecule has 0 spiro atoms. The Balaban J connectivity index is 1.40. The smallest absolute Gasteiger partial charge is 0.330 e. The van der Waals surface area contributed by atoms with Crippen molar-refractivity contribution in [3.8, 4) is 0 Å². The number of fused-ring (bicyclic) bond motifs is 1. The van der Waals surface area contributed by atoms with Crippen LogP contribution in [0.3, 0.4) is 0 Å². The molecule has 1 saturated heterocycles. The van der Waals surface area contributed by atoms with Crippen molar-refractivity contribution in [2.45, 2.75) is 57.4 Å². The summed E-state index contributed by atoms with van der Waals surface area (Å²) in [5.74, 6) is 1.58. The summed E-state index contributed by atoms with van der Waals surface area (Å²) in [4.78, 5) is 27.5. The van der Waals surface area contributed by atoms with Gasteiger partial charge in [-0.3, -0.25) is 9.69 Å². The predicted octanol–water partition coefficient (Wildman–Crippen LogP) is 4.00. The monoisotopic (exact) mass is 466 g/mol. The first kappa shape index (κ1) is 22.5. The van der Waals surface area contributed by atoms with Crippen molar-refractivity contribution in [3.05, 3.63) is 52.4 Å². The zero-order valence-electron chi connectivity index (χ0n) is 19.6. The number of nitrogens with zero attached hydrogens (tertiary/aromatic N) is 5. The number of aryl methyl sites for hydroxylation is 1. The van der Waals surface area contributed by atoms with E-state index in [1.165, 1.54) is 11.3 Å². The lowest BCUT2D eigenvalue weighted by molar-refractivity contribution is -0.447. The first-order valence-electron chi connectivity index (χ1n) is 12.3. The molecule has 0 radical (unpaired) electrons. The molecule has 1 fully saturated rings. The van der Waals surface area contributed by atoms with Crippen LogP contribution in [0, 0.1) is 0 Å². The molecule has 0 N–H and O–H groups in total. The zero-order chi connectivity index (χ0) is 22.9. The van der Waals surface area contributed by atoms with Crippen LogP contribution in [0.1, 0.15) is 61.8 Å². The van der Waals surface area contributed by atoms with Gasteiger partial charge in [-0.25, -0.2) is 9.56 Å². The van der Waals surface area contributed by atoms with Gasteiger partial charge in [0.25, 0.3) is 0 Å². The molecular formula is C26H33ClN5O+. The maximum absolute atomic E-state index is 13.9. The Bertz CT molecular complexity index is 1050. The van der Waals surface area contributed by atoms with Gasteiger partial charge in [-0.15, -0.1) is 0 Å². The zero-order valence-corrected chi connectivity index (χ0v) is 20.3. The number of rotatable bonds is 5. The standard InChI is InChI=1S/C26H33ClN5O/c1-3-30-12-4-5-22(30)24(19-7-9-20(27)10-8-19)26(33)32-15-13-31(14-16-32)25-23-18(2)6-11-21(23)28-17-29-25/h7-10,13,17-18,22,24H,3-6,11-12,14-16H2,1-2H3/q+1. The van der Waals surface area contributed by atoms with Gasteiger partial charge >= 0.3 is 5.82 Å². The van der Waals surface area contributed by atoms with Crippen molar-refractivity contribution in [1.82, 2.24) is 19.8 Å². The number of amides is 1. The number of likely N-dealkylation sites (tertiary alicyclic amines) is 1. The maximum Gasteiger partial charge on any atom is 0.330 e. The van der Waals surface area contributed by atoms with E-state index in [0.29, 0.717) is 24.0 Å². The van der Waals surface area contributed by atoms with Crippen LogP contribution >= 0.6 is 11.6 Å². The van der Waals surface area contributed by atoms with Gasteiger partial charge in [0.1, 0.15) is 6.54 Å². The second kappa shape index (κ2) is 9.51. The van der Waals surface area contributed by atoms with Gasteiger partial charge in [0.05, 0.1) is 36.5 Å². The number of likely N-dealkylation sites (N-methyl/N-ethyl adjacent to an activating group) is 1. The van der Waals surface area contributed by atoms with Crippen LogP contribution in [-0.2, 0) is 11.2 Å². The average molecular weight is 467 g/mol. The van der Waals surface area contributed by atoms with Crippen LogP contribution in [0.2, 0.25) is 5.02 Å². The number of halogens is 1. The molecule has 1 aromatic heterocycles. The molecule has 3 aliphatic rings. The fraction of sp³-hybridized carbons (Fsp3) is 0.538. The van der Waals surface area contributed by atoms with Crippen molar-refractivity contribution in [1.29, 1.82) is 0 Å². The number of aromatic nitrogens is 2. The predicted molar refractivity (Wildman–Crippen MR) is 131 cm³/mol. The third-order valence-electron chi connectivity index (χ3n) is 7.67. The van der Waals surface area contributed by atoms with Gasteiger partial charge in [0, 0.05) is 11.1 Å². The van der Waals surface area contributed by atoms with E-state index in [-0.39, 0.29) is 17.9 Å². The molecule has 3 heterocycles. The minimum atomic E-state index is -0.159. The molecule has 7 heteroatoms. The lowest BCUT2D eigenvalue weighted by atomic mass is 9.88. The lowest BCUT2D eigenvalue weighted by Crippen LogP contribution is -2.48. The van der Waals surface area contributed by atoms with Crippen LogP contribution in [0.5, 0.6) is 0 Å². The molecule has 1 amide bonds. The van der Waals surface area contributed by atoms with E-state index in [1.54, 1.807) is 6.33 Å². The van der Waals surface area contributed by atoms with Crippen molar-refractivity contribution < 1.29 is 9.37 Å². The molecule has 5 rings (SSSR count). The Kier molecular flexibility index (Phi) is 6.48. The Morgan fingerprint density at radius 2 is 2.03 bits per heavy atom. The third kappa shape index (κ3) is 4.31. The number of hydrogen-bond acceptors (Lipinski definition) is 4. The van der Waals surface area contributed by atoms with Crippen LogP contribution in [0.15, 0.2) is 30.6 Å². The minimum Gasteiger partial charge on any atom is -0.331 e. The summed E-state index contributed by atoms with van der Waals surface area (Å²) in [7, 11) is 0. The Morgan fingerprint density at radius 3 is 2.76 bits per heavy atom. The summed E-state index contributed by atoms with van der Waals surface area (Å²) in [5, 5.41) is 0.706. The first-order chi connectivity index (χ1) is 16.1. The third-order valence-corrected chi connectivity index (χ3v) is 7.92. The summed E-state index contributed by atoms with van der Waals surface area (Å²) in [6.07, 6.45) is 8.20. The van der Waals surface area contributed by atoms with E-state index < -0.39 is 0 Å². The number of carbonyl (C=O) groups excluding carboxylic acids is 1. The molecule has 3 atom stereocenters. The molecular weight excluding hydrogens is 434 g/mol. The molecule has 0 saturated carbocycles. The van der Waals surface area contributed by atoms with E-state index in [9.17, 15) is 4.79 Å². The van der Waals surface area contributed by atoms with E-state index in [4.69, 9.17) is 11.6 Å². The van der Waals surface area contributed by atoms with Crippen LogP contribution in [0.4, 0.5) is 5.82 Å². The highest BCUT2D eigenvalue weighted by Crippen LogP contribution is 2.37. The summed E-state index contributed by atoms with van der Waals surface area (Å²) in [6.45, 7) is 8.55. The fourth-order valence-electron chi connectivity index (χ4n) is 5.87. The van der Waals surface area contributed by atoms with Gasteiger partial charge < -0.3 is 4.90 Å². The van der Waals surface area contributed by atoms with Crippen LogP contribution < -0.4 is 0 Å². The number of benzene rings is 1. The molecule has 0 bridgehead atoms. The highest BCUT2D eigenvalue weighted by Gasteiger charge is 2.39. The summed E-state index contributed by atoms with van der Waals surface area (Å²) >= 11 is 6.16. The Morgan fingerprint density at radius 1 is 1.21 bits per heavy atom. The second-order valence-corrected chi connectivity index (χ2v) is 9.96. The van der Waals surface area contributed by atoms with Gasteiger partial charge in [0.15, 0.2) is 0 Å². The number of carbonyl (C=O) groups is 1. The Hall–Kier alpha value is -2.31. The van der Waals surface area contributed by atoms with E-state index in [2.05, 4.69) is 39.5 Å². The fourth-order valence-corrected chi connectivity index (χ4v) is 6.00. The molecule has 2 aliphatic heterocycles. The van der Waals surface area contributed by atoms with Crippen molar-refractivity contribution in [3.63, 3.8) is 0 Å². The van der Waals surface area contributed by atoms with Crippen LogP contribution in [-0.4, -0.2) is 75.2 Å².